The van der Waals surface area contributed by atoms with Crippen molar-refractivity contribution in [2.75, 3.05) is 0 Å². The van der Waals surface area contributed by atoms with Crippen LogP contribution in [0.4, 0.5) is 0 Å². The number of aliphatic carboxylic acids is 2. The molecular formula is C19H38CaO4. The second kappa shape index (κ2) is 18.0. The van der Waals surface area contributed by atoms with Crippen molar-refractivity contribution in [1.29, 1.82) is 0 Å². The van der Waals surface area contributed by atoms with E-state index in [1.165, 1.54) is 44.9 Å². The molecule has 0 aliphatic carbocycles. The summed E-state index contributed by atoms with van der Waals surface area (Å²) in [6.45, 7) is 4.33. The zero-order chi connectivity index (χ0) is 17.5. The van der Waals surface area contributed by atoms with Gasteiger partial charge < -0.3 is 13.1 Å². The van der Waals surface area contributed by atoms with Crippen LogP contribution in [0.3, 0.4) is 0 Å². The van der Waals surface area contributed by atoms with Crippen LogP contribution in [0, 0.1) is 11.8 Å². The first-order valence-corrected chi connectivity index (χ1v) is 9.48. The van der Waals surface area contributed by atoms with Gasteiger partial charge in [-0.25, -0.2) is 0 Å². The van der Waals surface area contributed by atoms with Gasteiger partial charge in [0.2, 0.25) is 0 Å². The smallest absolute Gasteiger partial charge is 1.00 e. The van der Waals surface area contributed by atoms with E-state index in [-0.39, 0.29) is 52.9 Å². The van der Waals surface area contributed by atoms with Crippen molar-refractivity contribution in [3.63, 3.8) is 0 Å². The van der Waals surface area contributed by atoms with Crippen LogP contribution < -0.4 is 0 Å². The molecule has 1 atom stereocenters. The minimum atomic E-state index is -1.24. The van der Waals surface area contributed by atoms with Crippen molar-refractivity contribution < 1.29 is 22.7 Å². The van der Waals surface area contributed by atoms with Gasteiger partial charge in [-0.05, 0) is 12.3 Å². The molecule has 0 saturated carbocycles. The Balaban J connectivity index is -0.000000807. The van der Waals surface area contributed by atoms with Crippen molar-refractivity contribution in [2.45, 2.75) is 97.3 Å². The van der Waals surface area contributed by atoms with Crippen molar-refractivity contribution >= 4 is 49.7 Å². The third kappa shape index (κ3) is 14.5. The molecule has 24 heavy (non-hydrogen) atoms. The predicted molar refractivity (Wildman–Crippen MR) is 102 cm³/mol. The maximum absolute atomic E-state index is 11.1. The third-order valence-electron chi connectivity index (χ3n) is 4.60. The SMILES string of the molecule is CCCCCCCCCCC(CCCC)CC(C(=O)O)C(=O)O.[Ca+2].[H-].[H-]. The molecule has 0 bridgehead atoms. The summed E-state index contributed by atoms with van der Waals surface area (Å²) in [7, 11) is 0. The summed E-state index contributed by atoms with van der Waals surface area (Å²) in [5, 5.41) is 18.1. The van der Waals surface area contributed by atoms with E-state index in [1.807, 2.05) is 0 Å². The summed E-state index contributed by atoms with van der Waals surface area (Å²) in [4.78, 5) is 22.1. The molecule has 0 aliphatic rings. The Bertz CT molecular complexity index is 317. The molecule has 0 rings (SSSR count). The van der Waals surface area contributed by atoms with Gasteiger partial charge in [0, 0.05) is 0 Å². The van der Waals surface area contributed by atoms with Crippen molar-refractivity contribution in [3.05, 3.63) is 0 Å². The average molecular weight is 371 g/mol. The van der Waals surface area contributed by atoms with Crippen molar-refractivity contribution in [2.24, 2.45) is 11.8 Å². The van der Waals surface area contributed by atoms with E-state index in [0.717, 1.165) is 32.1 Å². The number of carbonyl (C=O) groups is 2. The van der Waals surface area contributed by atoms with E-state index in [9.17, 15) is 9.59 Å². The van der Waals surface area contributed by atoms with Gasteiger partial charge in [-0.1, -0.05) is 90.9 Å². The van der Waals surface area contributed by atoms with Gasteiger partial charge in [0.05, 0.1) is 0 Å². The van der Waals surface area contributed by atoms with Crippen LogP contribution in [0.15, 0.2) is 0 Å². The van der Waals surface area contributed by atoms with Crippen LogP contribution in [-0.4, -0.2) is 59.9 Å². The van der Waals surface area contributed by atoms with Crippen LogP contribution in [0.5, 0.6) is 0 Å². The van der Waals surface area contributed by atoms with Gasteiger partial charge >= 0.3 is 49.7 Å². The molecule has 0 spiro atoms. The summed E-state index contributed by atoms with van der Waals surface area (Å²) in [6.07, 6.45) is 14.3. The molecule has 4 nitrogen and oxygen atoms in total. The Morgan fingerprint density at radius 2 is 1.17 bits per heavy atom. The van der Waals surface area contributed by atoms with Crippen molar-refractivity contribution in [1.82, 2.24) is 0 Å². The first kappa shape index (κ1) is 26.4. The molecule has 2 N–H and O–H groups in total. The summed E-state index contributed by atoms with van der Waals surface area (Å²) >= 11 is 0. The fraction of sp³-hybridized carbons (Fsp3) is 0.895. The molecule has 140 valence electrons. The Kier molecular flexibility index (Phi) is 19.8. The van der Waals surface area contributed by atoms with Crippen LogP contribution in [0.25, 0.3) is 0 Å². The molecule has 1 unspecified atom stereocenters. The molecule has 0 fully saturated rings. The van der Waals surface area contributed by atoms with Crippen LogP contribution in [-0.2, 0) is 9.59 Å². The Labute approximate surface area is 180 Å². The first-order chi connectivity index (χ1) is 11.0. The van der Waals surface area contributed by atoms with Crippen LogP contribution in [0.1, 0.15) is 100 Å². The molecule has 0 aromatic carbocycles. The number of carboxylic acid groups (broad SMARTS) is 2. The largest absolute Gasteiger partial charge is 2.00 e. The minimum Gasteiger partial charge on any atom is -1.00 e. The minimum absolute atomic E-state index is 0. The summed E-state index contributed by atoms with van der Waals surface area (Å²) in [6, 6.07) is 0. The topological polar surface area (TPSA) is 74.6 Å². The summed E-state index contributed by atoms with van der Waals surface area (Å²) in [5.74, 6) is -3.41. The molecule has 0 aromatic rings. The van der Waals surface area contributed by atoms with E-state index in [1.54, 1.807) is 0 Å². The Morgan fingerprint density at radius 3 is 1.62 bits per heavy atom. The van der Waals surface area contributed by atoms with Crippen LogP contribution >= 0.6 is 0 Å². The first-order valence-electron chi connectivity index (χ1n) is 9.48. The quantitative estimate of drug-likeness (QED) is 0.218. The van der Waals surface area contributed by atoms with Gasteiger partial charge in [-0.2, -0.15) is 0 Å². The van der Waals surface area contributed by atoms with Gasteiger partial charge in [-0.15, -0.1) is 0 Å². The number of carboxylic acids is 2. The monoisotopic (exact) mass is 370 g/mol. The second-order valence-corrected chi connectivity index (χ2v) is 6.74. The molecule has 0 amide bonds. The van der Waals surface area contributed by atoms with E-state index in [2.05, 4.69) is 13.8 Å². The van der Waals surface area contributed by atoms with Gasteiger partial charge in [0.15, 0.2) is 5.92 Å². The number of unbranched alkanes of at least 4 members (excludes halogenated alkanes) is 8. The fourth-order valence-electron chi connectivity index (χ4n) is 3.08. The fourth-order valence-corrected chi connectivity index (χ4v) is 3.08. The van der Waals surface area contributed by atoms with Gasteiger partial charge in [0.25, 0.3) is 0 Å². The Morgan fingerprint density at radius 1 is 0.750 bits per heavy atom. The van der Waals surface area contributed by atoms with E-state index >= 15 is 0 Å². The van der Waals surface area contributed by atoms with E-state index in [0.29, 0.717) is 0 Å². The summed E-state index contributed by atoms with van der Waals surface area (Å²) in [5.41, 5.74) is 0. The maximum Gasteiger partial charge on any atom is 2.00 e. The van der Waals surface area contributed by atoms with Gasteiger partial charge in [-0.3, -0.25) is 9.59 Å². The third-order valence-corrected chi connectivity index (χ3v) is 4.60. The molecule has 0 aliphatic heterocycles. The maximum atomic E-state index is 11.1. The predicted octanol–water partition coefficient (Wildman–Crippen LogP) is 5.34. The molecule has 0 aromatic heterocycles. The zero-order valence-electron chi connectivity index (χ0n) is 17.8. The van der Waals surface area contributed by atoms with Gasteiger partial charge in [0.1, 0.15) is 0 Å². The average Bonchev–Trinajstić information content (AvgIpc) is 2.50. The molecule has 0 saturated heterocycles. The molecule has 5 heteroatoms. The molecule has 0 heterocycles. The molecule has 0 radical (unpaired) electrons. The standard InChI is InChI=1S/C19H36O4.Ca.2H/c1-3-5-7-8-9-10-11-12-14-16(13-6-4-2)15-17(18(20)21)19(22)23;;;/h16-17H,3-15H2,1-2H3,(H,20,21)(H,22,23);;;/q;+2;2*-1. The summed E-state index contributed by atoms with van der Waals surface area (Å²) < 4.78 is 0. The number of hydrogen-bond acceptors (Lipinski definition) is 2. The number of hydrogen-bond donors (Lipinski definition) is 2. The van der Waals surface area contributed by atoms with E-state index < -0.39 is 17.9 Å². The Hall–Kier alpha value is 0.200. The number of rotatable bonds is 16. The van der Waals surface area contributed by atoms with E-state index in [4.69, 9.17) is 10.2 Å². The van der Waals surface area contributed by atoms with Crippen molar-refractivity contribution in [3.8, 4) is 0 Å². The zero-order valence-corrected chi connectivity index (χ0v) is 18.0. The van der Waals surface area contributed by atoms with Crippen LogP contribution in [0.2, 0.25) is 0 Å². The second-order valence-electron chi connectivity index (χ2n) is 6.74. The normalized spacial score (nSPS) is 12.0. The molecular weight excluding hydrogens is 332 g/mol.